The average molecular weight is 258 g/mol. The van der Waals surface area contributed by atoms with E-state index in [0.29, 0.717) is 26.1 Å². The van der Waals surface area contributed by atoms with Gasteiger partial charge in [0, 0.05) is 13.1 Å². The van der Waals surface area contributed by atoms with Gasteiger partial charge in [-0.15, -0.1) is 0 Å². The topological polar surface area (TPSA) is 96.7 Å². The smallest absolute Gasteiger partial charge is 0.263 e. The Kier molecular flexibility index (Phi) is 6.03. The SMILES string of the molecule is CCNC(=O)CN(C)CC1CCC(C(=O)NN)O1. The number of likely N-dealkylation sites (N-methyl/N-ethyl adjacent to an activating group) is 2. The van der Waals surface area contributed by atoms with Crippen LogP contribution in [0.25, 0.3) is 0 Å². The van der Waals surface area contributed by atoms with Gasteiger partial charge in [0.1, 0.15) is 6.10 Å². The molecule has 2 unspecified atom stereocenters. The molecule has 2 atom stereocenters. The first-order valence-corrected chi connectivity index (χ1v) is 6.18. The van der Waals surface area contributed by atoms with Crippen LogP contribution in [0.5, 0.6) is 0 Å². The van der Waals surface area contributed by atoms with Crippen LogP contribution in [0.2, 0.25) is 0 Å². The van der Waals surface area contributed by atoms with E-state index < -0.39 is 6.10 Å². The number of amides is 2. The fourth-order valence-electron chi connectivity index (χ4n) is 2.04. The lowest BCUT2D eigenvalue weighted by Gasteiger charge is -2.20. The molecule has 2 amide bonds. The fourth-order valence-corrected chi connectivity index (χ4v) is 2.04. The van der Waals surface area contributed by atoms with E-state index in [-0.39, 0.29) is 17.9 Å². The Labute approximate surface area is 107 Å². The van der Waals surface area contributed by atoms with Crippen molar-refractivity contribution in [2.45, 2.75) is 32.0 Å². The van der Waals surface area contributed by atoms with E-state index in [4.69, 9.17) is 10.6 Å². The van der Waals surface area contributed by atoms with Crippen molar-refractivity contribution in [2.24, 2.45) is 5.84 Å². The average Bonchev–Trinajstić information content (AvgIpc) is 2.76. The maximum absolute atomic E-state index is 11.4. The molecule has 0 saturated carbocycles. The number of carbonyl (C=O) groups is 2. The van der Waals surface area contributed by atoms with Crippen molar-refractivity contribution in [3.05, 3.63) is 0 Å². The Bertz CT molecular complexity index is 298. The number of rotatable bonds is 6. The van der Waals surface area contributed by atoms with Gasteiger partial charge in [-0.1, -0.05) is 0 Å². The molecule has 18 heavy (non-hydrogen) atoms. The van der Waals surface area contributed by atoms with Gasteiger partial charge in [0.05, 0.1) is 12.6 Å². The van der Waals surface area contributed by atoms with E-state index in [2.05, 4.69) is 10.7 Å². The highest BCUT2D eigenvalue weighted by Crippen LogP contribution is 2.20. The Morgan fingerprint density at radius 1 is 1.44 bits per heavy atom. The minimum absolute atomic E-state index is 0.00533. The first-order valence-electron chi connectivity index (χ1n) is 6.18. The summed E-state index contributed by atoms with van der Waals surface area (Å²) in [6.45, 7) is 3.48. The van der Waals surface area contributed by atoms with E-state index in [1.54, 1.807) is 0 Å². The molecule has 1 saturated heterocycles. The molecule has 7 nitrogen and oxygen atoms in total. The zero-order valence-corrected chi connectivity index (χ0v) is 10.9. The van der Waals surface area contributed by atoms with Crippen molar-refractivity contribution < 1.29 is 14.3 Å². The summed E-state index contributed by atoms with van der Waals surface area (Å²) in [4.78, 5) is 24.5. The highest BCUT2D eigenvalue weighted by atomic mass is 16.5. The summed E-state index contributed by atoms with van der Waals surface area (Å²) in [5.74, 6) is 4.76. The summed E-state index contributed by atoms with van der Waals surface area (Å²) in [6, 6.07) is 0. The second-order valence-corrected chi connectivity index (χ2v) is 4.48. The van der Waals surface area contributed by atoms with Gasteiger partial charge in [-0.05, 0) is 26.8 Å². The number of nitrogens with one attached hydrogen (secondary N) is 2. The van der Waals surface area contributed by atoms with Crippen molar-refractivity contribution in [1.82, 2.24) is 15.6 Å². The Morgan fingerprint density at radius 3 is 2.78 bits per heavy atom. The third kappa shape index (κ3) is 4.59. The highest BCUT2D eigenvalue weighted by molar-refractivity contribution is 5.80. The van der Waals surface area contributed by atoms with Crippen LogP contribution < -0.4 is 16.6 Å². The van der Waals surface area contributed by atoms with Gasteiger partial charge in [-0.3, -0.25) is 19.9 Å². The molecular weight excluding hydrogens is 236 g/mol. The molecule has 0 bridgehead atoms. The molecule has 0 aromatic carbocycles. The Hall–Kier alpha value is -1.18. The maximum Gasteiger partial charge on any atom is 0.263 e. The van der Waals surface area contributed by atoms with Crippen LogP contribution in [0.3, 0.4) is 0 Å². The summed E-state index contributed by atoms with van der Waals surface area (Å²) in [5, 5.41) is 2.74. The Balaban J connectivity index is 2.27. The van der Waals surface area contributed by atoms with Crippen molar-refractivity contribution in [2.75, 3.05) is 26.7 Å². The van der Waals surface area contributed by atoms with Crippen molar-refractivity contribution >= 4 is 11.8 Å². The highest BCUT2D eigenvalue weighted by Gasteiger charge is 2.30. The maximum atomic E-state index is 11.4. The molecule has 1 rings (SSSR count). The third-order valence-corrected chi connectivity index (χ3v) is 2.85. The zero-order chi connectivity index (χ0) is 13.5. The molecule has 4 N–H and O–H groups in total. The second-order valence-electron chi connectivity index (χ2n) is 4.48. The van der Waals surface area contributed by atoms with Crippen LogP contribution in [0, 0.1) is 0 Å². The largest absolute Gasteiger partial charge is 0.364 e. The van der Waals surface area contributed by atoms with Crippen molar-refractivity contribution in [3.63, 3.8) is 0 Å². The molecular formula is C11H22N4O3. The molecule has 0 radical (unpaired) electrons. The van der Waals surface area contributed by atoms with E-state index in [9.17, 15) is 9.59 Å². The van der Waals surface area contributed by atoms with Gasteiger partial charge < -0.3 is 10.1 Å². The number of ether oxygens (including phenoxy) is 1. The van der Waals surface area contributed by atoms with Crippen LogP contribution >= 0.6 is 0 Å². The summed E-state index contributed by atoms with van der Waals surface area (Å²) in [5.41, 5.74) is 2.09. The minimum Gasteiger partial charge on any atom is -0.364 e. The van der Waals surface area contributed by atoms with Crippen LogP contribution in [0.1, 0.15) is 19.8 Å². The van der Waals surface area contributed by atoms with E-state index in [0.717, 1.165) is 6.42 Å². The van der Waals surface area contributed by atoms with Gasteiger partial charge in [0.25, 0.3) is 5.91 Å². The number of hydrogen-bond acceptors (Lipinski definition) is 5. The first kappa shape index (κ1) is 14.9. The summed E-state index contributed by atoms with van der Waals surface area (Å²) in [6.07, 6.45) is 0.991. The Morgan fingerprint density at radius 2 is 2.17 bits per heavy atom. The van der Waals surface area contributed by atoms with E-state index in [1.165, 1.54) is 0 Å². The fraction of sp³-hybridized carbons (Fsp3) is 0.818. The quantitative estimate of drug-likeness (QED) is 0.309. The normalized spacial score (nSPS) is 23.1. The van der Waals surface area contributed by atoms with Crippen LogP contribution in [-0.2, 0) is 14.3 Å². The first-order chi connectivity index (χ1) is 8.56. The molecule has 7 heteroatoms. The van der Waals surface area contributed by atoms with Gasteiger partial charge in [-0.25, -0.2) is 5.84 Å². The number of carbonyl (C=O) groups excluding carboxylic acids is 2. The molecule has 104 valence electrons. The van der Waals surface area contributed by atoms with Gasteiger partial charge in [-0.2, -0.15) is 0 Å². The van der Waals surface area contributed by atoms with Crippen molar-refractivity contribution in [1.29, 1.82) is 0 Å². The number of hydrazine groups is 1. The molecule has 1 fully saturated rings. The lowest BCUT2D eigenvalue weighted by molar-refractivity contribution is -0.132. The summed E-state index contributed by atoms with van der Waals surface area (Å²) >= 11 is 0. The molecule has 1 heterocycles. The van der Waals surface area contributed by atoms with Gasteiger partial charge >= 0.3 is 0 Å². The molecule has 0 spiro atoms. The third-order valence-electron chi connectivity index (χ3n) is 2.85. The van der Waals surface area contributed by atoms with E-state index >= 15 is 0 Å². The summed E-state index contributed by atoms with van der Waals surface area (Å²) in [7, 11) is 1.86. The lowest BCUT2D eigenvalue weighted by atomic mass is 10.2. The van der Waals surface area contributed by atoms with Crippen LogP contribution in [-0.4, -0.2) is 55.6 Å². The standard InChI is InChI=1S/C11H22N4O3/c1-3-13-10(16)7-15(2)6-8-4-5-9(18-8)11(17)14-12/h8-9H,3-7,12H2,1-2H3,(H,13,16)(H,14,17). The van der Waals surface area contributed by atoms with Crippen LogP contribution in [0.15, 0.2) is 0 Å². The minimum atomic E-state index is -0.460. The van der Waals surface area contributed by atoms with Crippen molar-refractivity contribution in [3.8, 4) is 0 Å². The van der Waals surface area contributed by atoms with E-state index in [1.807, 2.05) is 18.9 Å². The monoisotopic (exact) mass is 258 g/mol. The number of nitrogens with zero attached hydrogens (tertiary/aromatic N) is 1. The number of nitrogens with two attached hydrogens (primary N) is 1. The molecule has 0 aliphatic carbocycles. The molecule has 0 aromatic heterocycles. The predicted molar refractivity (Wildman–Crippen MR) is 66.4 cm³/mol. The van der Waals surface area contributed by atoms with Crippen LogP contribution in [0.4, 0.5) is 0 Å². The second kappa shape index (κ2) is 7.30. The van der Waals surface area contributed by atoms with Gasteiger partial charge in [0.15, 0.2) is 0 Å². The van der Waals surface area contributed by atoms with Gasteiger partial charge in [0.2, 0.25) is 5.91 Å². The predicted octanol–water partition coefficient (Wildman–Crippen LogP) is -1.41. The lowest BCUT2D eigenvalue weighted by Crippen LogP contribution is -2.41. The number of hydrogen-bond donors (Lipinski definition) is 3. The molecule has 1 aliphatic heterocycles. The molecule has 0 aromatic rings. The zero-order valence-electron chi connectivity index (χ0n) is 10.9. The molecule has 1 aliphatic rings. The summed E-state index contributed by atoms with van der Waals surface area (Å²) < 4.78 is 5.56.